The lowest BCUT2D eigenvalue weighted by Gasteiger charge is -2.18. The van der Waals surface area contributed by atoms with Crippen molar-refractivity contribution < 1.29 is 14.9 Å². The number of phenols is 2. The van der Waals surface area contributed by atoms with Crippen LogP contribution >= 0.6 is 0 Å². The molecule has 106 valence electrons. The number of nitrogens with one attached hydrogen (secondary N) is 1. The van der Waals surface area contributed by atoms with E-state index in [0.717, 1.165) is 16.8 Å². The van der Waals surface area contributed by atoms with Crippen LogP contribution < -0.4 is 5.32 Å². The molecule has 0 aliphatic carbocycles. The van der Waals surface area contributed by atoms with Gasteiger partial charge in [-0.3, -0.25) is 0 Å². The number of hydrogen-bond donors (Lipinski definition) is 3. The van der Waals surface area contributed by atoms with E-state index in [2.05, 4.69) is 5.32 Å². The Hall–Kier alpha value is -2.20. The van der Waals surface area contributed by atoms with E-state index in [9.17, 15) is 10.2 Å². The summed E-state index contributed by atoms with van der Waals surface area (Å²) in [6.45, 7) is 2.50. The van der Waals surface area contributed by atoms with Crippen LogP contribution in [0.3, 0.4) is 0 Å². The van der Waals surface area contributed by atoms with Gasteiger partial charge in [-0.15, -0.1) is 0 Å². The number of aromatic hydroxyl groups is 2. The molecule has 0 heterocycles. The first-order valence-electron chi connectivity index (χ1n) is 6.46. The molecule has 0 saturated carbocycles. The van der Waals surface area contributed by atoms with E-state index < -0.39 is 0 Å². The standard InChI is InChI=1S/C16H19NO3/c1-11(13-7-14(18)9-15(19)8-13)17-16-6-4-3-5-12(16)10-20-2/h3-9,11,17-19H,10H2,1-2H3. The summed E-state index contributed by atoms with van der Waals surface area (Å²) in [5.41, 5.74) is 2.85. The van der Waals surface area contributed by atoms with Crippen molar-refractivity contribution in [1.29, 1.82) is 0 Å². The Balaban J connectivity index is 2.21. The highest BCUT2D eigenvalue weighted by molar-refractivity contribution is 5.53. The summed E-state index contributed by atoms with van der Waals surface area (Å²) in [7, 11) is 1.66. The predicted molar refractivity (Wildman–Crippen MR) is 79.0 cm³/mol. The SMILES string of the molecule is COCc1ccccc1NC(C)c1cc(O)cc(O)c1. The predicted octanol–water partition coefficient (Wildman–Crippen LogP) is 3.42. The first-order valence-corrected chi connectivity index (χ1v) is 6.46. The zero-order valence-electron chi connectivity index (χ0n) is 11.6. The number of anilines is 1. The summed E-state index contributed by atoms with van der Waals surface area (Å²) >= 11 is 0. The normalized spacial score (nSPS) is 12.1. The Kier molecular flexibility index (Phi) is 4.48. The molecule has 1 unspecified atom stereocenters. The summed E-state index contributed by atoms with van der Waals surface area (Å²) < 4.78 is 5.17. The number of benzene rings is 2. The average Bonchev–Trinajstić information content (AvgIpc) is 2.40. The van der Waals surface area contributed by atoms with Crippen molar-refractivity contribution in [2.75, 3.05) is 12.4 Å². The van der Waals surface area contributed by atoms with Gasteiger partial charge in [-0.05, 0) is 30.7 Å². The maximum atomic E-state index is 9.54. The molecule has 0 saturated heterocycles. The van der Waals surface area contributed by atoms with Gasteiger partial charge in [0.1, 0.15) is 11.5 Å². The number of ether oxygens (including phenoxy) is 1. The Morgan fingerprint density at radius 3 is 2.40 bits per heavy atom. The molecule has 0 amide bonds. The van der Waals surface area contributed by atoms with Crippen molar-refractivity contribution in [3.63, 3.8) is 0 Å². The van der Waals surface area contributed by atoms with Crippen LogP contribution in [0.2, 0.25) is 0 Å². The van der Waals surface area contributed by atoms with Crippen LogP contribution in [-0.4, -0.2) is 17.3 Å². The Bertz CT molecular complexity index is 563. The van der Waals surface area contributed by atoms with Crippen LogP contribution in [-0.2, 0) is 11.3 Å². The van der Waals surface area contributed by atoms with Crippen LogP contribution in [0, 0.1) is 0 Å². The van der Waals surface area contributed by atoms with Crippen molar-refractivity contribution >= 4 is 5.69 Å². The minimum atomic E-state index is -0.0500. The first-order chi connectivity index (χ1) is 9.60. The minimum Gasteiger partial charge on any atom is -0.508 e. The second kappa shape index (κ2) is 6.30. The van der Waals surface area contributed by atoms with E-state index in [1.165, 1.54) is 6.07 Å². The maximum Gasteiger partial charge on any atom is 0.119 e. The van der Waals surface area contributed by atoms with Crippen LogP contribution in [0.1, 0.15) is 24.1 Å². The van der Waals surface area contributed by atoms with E-state index in [1.807, 2.05) is 31.2 Å². The van der Waals surface area contributed by atoms with Gasteiger partial charge in [0.15, 0.2) is 0 Å². The van der Waals surface area contributed by atoms with E-state index >= 15 is 0 Å². The Labute approximate surface area is 118 Å². The zero-order chi connectivity index (χ0) is 14.5. The van der Waals surface area contributed by atoms with Crippen LogP contribution in [0.15, 0.2) is 42.5 Å². The summed E-state index contributed by atoms with van der Waals surface area (Å²) in [5, 5.41) is 22.4. The molecule has 2 rings (SSSR count). The number of rotatable bonds is 5. The van der Waals surface area contributed by atoms with Crippen molar-refractivity contribution in [2.24, 2.45) is 0 Å². The fraction of sp³-hybridized carbons (Fsp3) is 0.250. The summed E-state index contributed by atoms with van der Waals surface area (Å²) in [6.07, 6.45) is 0. The van der Waals surface area contributed by atoms with E-state index in [0.29, 0.717) is 6.61 Å². The third-order valence-electron chi connectivity index (χ3n) is 3.11. The van der Waals surface area contributed by atoms with Gasteiger partial charge < -0.3 is 20.3 Å². The molecule has 0 aliphatic rings. The summed E-state index contributed by atoms with van der Waals surface area (Å²) in [5.74, 6) is 0.109. The molecule has 20 heavy (non-hydrogen) atoms. The molecule has 0 fully saturated rings. The van der Waals surface area contributed by atoms with Gasteiger partial charge in [-0.25, -0.2) is 0 Å². The smallest absolute Gasteiger partial charge is 0.119 e. The fourth-order valence-corrected chi connectivity index (χ4v) is 2.13. The van der Waals surface area contributed by atoms with Gasteiger partial charge in [0.2, 0.25) is 0 Å². The second-order valence-electron chi connectivity index (χ2n) is 4.74. The topological polar surface area (TPSA) is 61.7 Å². The van der Waals surface area contributed by atoms with Crippen molar-refractivity contribution in [3.8, 4) is 11.5 Å². The quantitative estimate of drug-likeness (QED) is 0.781. The highest BCUT2D eigenvalue weighted by atomic mass is 16.5. The molecule has 0 bridgehead atoms. The second-order valence-corrected chi connectivity index (χ2v) is 4.74. The molecule has 0 aliphatic heterocycles. The molecule has 4 nitrogen and oxygen atoms in total. The average molecular weight is 273 g/mol. The lowest BCUT2D eigenvalue weighted by Crippen LogP contribution is -2.08. The number of methoxy groups -OCH3 is 1. The van der Waals surface area contributed by atoms with E-state index in [-0.39, 0.29) is 17.5 Å². The van der Waals surface area contributed by atoms with Gasteiger partial charge in [0.25, 0.3) is 0 Å². The fourth-order valence-electron chi connectivity index (χ4n) is 2.13. The molecule has 0 radical (unpaired) electrons. The summed E-state index contributed by atoms with van der Waals surface area (Å²) in [6, 6.07) is 12.4. The third-order valence-corrected chi connectivity index (χ3v) is 3.11. The molecule has 2 aromatic rings. The zero-order valence-corrected chi connectivity index (χ0v) is 11.6. The monoisotopic (exact) mass is 273 g/mol. The van der Waals surface area contributed by atoms with E-state index in [1.54, 1.807) is 19.2 Å². The minimum absolute atomic E-state index is 0.0500. The molecule has 3 N–H and O–H groups in total. The van der Waals surface area contributed by atoms with Gasteiger partial charge in [0, 0.05) is 30.5 Å². The lowest BCUT2D eigenvalue weighted by molar-refractivity contribution is 0.185. The third kappa shape index (κ3) is 3.42. The number of hydrogen-bond acceptors (Lipinski definition) is 4. The molecule has 0 spiro atoms. The first kappa shape index (κ1) is 14.2. The van der Waals surface area contributed by atoms with Crippen LogP contribution in [0.4, 0.5) is 5.69 Å². The van der Waals surface area contributed by atoms with Crippen LogP contribution in [0.25, 0.3) is 0 Å². The van der Waals surface area contributed by atoms with Gasteiger partial charge in [-0.2, -0.15) is 0 Å². The number of para-hydroxylation sites is 1. The van der Waals surface area contributed by atoms with E-state index in [4.69, 9.17) is 4.74 Å². The molecule has 1 atom stereocenters. The summed E-state index contributed by atoms with van der Waals surface area (Å²) in [4.78, 5) is 0. The van der Waals surface area contributed by atoms with Gasteiger partial charge >= 0.3 is 0 Å². The molecular formula is C16H19NO3. The number of phenolic OH excluding ortho intramolecular Hbond substituents is 2. The molecule has 4 heteroatoms. The lowest BCUT2D eigenvalue weighted by atomic mass is 10.1. The van der Waals surface area contributed by atoms with Crippen LogP contribution in [0.5, 0.6) is 11.5 Å². The molecule has 0 aromatic heterocycles. The highest BCUT2D eigenvalue weighted by Crippen LogP contribution is 2.28. The van der Waals surface area contributed by atoms with Crippen molar-refractivity contribution in [3.05, 3.63) is 53.6 Å². The van der Waals surface area contributed by atoms with Gasteiger partial charge in [0.05, 0.1) is 6.61 Å². The van der Waals surface area contributed by atoms with Crippen molar-refractivity contribution in [2.45, 2.75) is 19.6 Å². The van der Waals surface area contributed by atoms with Crippen molar-refractivity contribution in [1.82, 2.24) is 0 Å². The Morgan fingerprint density at radius 2 is 1.75 bits per heavy atom. The molecule has 2 aromatic carbocycles. The Morgan fingerprint density at radius 1 is 1.10 bits per heavy atom. The highest BCUT2D eigenvalue weighted by Gasteiger charge is 2.10. The largest absolute Gasteiger partial charge is 0.508 e. The molecular weight excluding hydrogens is 254 g/mol. The maximum absolute atomic E-state index is 9.54. The van der Waals surface area contributed by atoms with Gasteiger partial charge in [-0.1, -0.05) is 18.2 Å².